The predicted molar refractivity (Wildman–Crippen MR) is 44.8 cm³/mol. The first-order chi connectivity index (χ1) is 5.79. The second-order valence-corrected chi connectivity index (χ2v) is 5.81. The van der Waals surface area contributed by atoms with Gasteiger partial charge in [0.05, 0.1) is 0 Å². The molecule has 0 bridgehead atoms. The average molecular weight is 349 g/mol. The van der Waals surface area contributed by atoms with Crippen LogP contribution in [0.15, 0.2) is 43.0 Å². The Kier molecular flexibility index (Phi) is 8.99. The Morgan fingerprint density at radius 1 is 0.923 bits per heavy atom. The van der Waals surface area contributed by atoms with Crippen molar-refractivity contribution in [1.29, 1.82) is 0 Å². The van der Waals surface area contributed by atoms with E-state index in [2.05, 4.69) is 36.5 Å². The standard InChI is InChI=1S/2C5H5.ClH.2Zr.H/c2*1-2-4-5-3-1;;;;/h2*1-3H,4H2;1H;;;/q;;;2*+1;-1/p-1. The van der Waals surface area contributed by atoms with Gasteiger partial charge in [-0.1, -0.05) is 0 Å². The molecule has 0 aromatic rings. The molecule has 0 amide bonds. The van der Waals surface area contributed by atoms with E-state index in [1.807, 2.05) is 0 Å². The maximum atomic E-state index is 2.18. The summed E-state index contributed by atoms with van der Waals surface area (Å²) in [5.41, 5.74) is 0. The molecule has 0 aliphatic heterocycles. The summed E-state index contributed by atoms with van der Waals surface area (Å²) in [7, 11) is 0. The summed E-state index contributed by atoms with van der Waals surface area (Å²) in [6.07, 6.45) is 15.4. The average Bonchev–Trinajstić information content (AvgIpc) is 2.63. The van der Waals surface area contributed by atoms with Crippen molar-refractivity contribution in [1.82, 2.24) is 0 Å². The number of halogens is 1. The minimum absolute atomic E-state index is 0. The minimum atomic E-state index is 0. The van der Waals surface area contributed by atoms with Crippen molar-refractivity contribution in [3.8, 4) is 0 Å². The van der Waals surface area contributed by atoms with Gasteiger partial charge in [-0.25, -0.2) is 0 Å². The normalized spacial score (nSPS) is 16.8. The molecule has 2 aliphatic carbocycles. The van der Waals surface area contributed by atoms with Gasteiger partial charge < -0.3 is 13.8 Å². The van der Waals surface area contributed by atoms with Crippen LogP contribution in [0.5, 0.6) is 0 Å². The molecule has 2 aliphatic rings. The van der Waals surface area contributed by atoms with Crippen molar-refractivity contribution in [3.63, 3.8) is 0 Å². The molecule has 0 fully saturated rings. The number of hydrogen-bond acceptors (Lipinski definition) is 0. The number of hydrogen-bond donors (Lipinski definition) is 0. The molecular weight excluding hydrogens is 338 g/mol. The van der Waals surface area contributed by atoms with Gasteiger partial charge in [0.15, 0.2) is 0 Å². The van der Waals surface area contributed by atoms with Gasteiger partial charge in [-0.3, -0.25) is 0 Å². The zero-order valence-corrected chi connectivity index (χ0v) is 12.9. The molecule has 0 unspecified atom stereocenters. The van der Waals surface area contributed by atoms with Crippen LogP contribution in [0.2, 0.25) is 0 Å². The Hall–Kier alpha value is 1.02. The van der Waals surface area contributed by atoms with E-state index in [0.29, 0.717) is 0 Å². The summed E-state index contributed by atoms with van der Waals surface area (Å²) >= 11 is 3.13. The van der Waals surface area contributed by atoms with E-state index in [1.54, 1.807) is 56.0 Å². The molecule has 0 heterocycles. The summed E-state index contributed by atoms with van der Waals surface area (Å²) in [5, 5.41) is 0. The van der Waals surface area contributed by atoms with Crippen LogP contribution in [-0.2, 0) is 49.4 Å². The molecule has 0 saturated heterocycles. The van der Waals surface area contributed by atoms with Crippen LogP contribution in [0.4, 0.5) is 0 Å². The van der Waals surface area contributed by atoms with Gasteiger partial charge in [0.2, 0.25) is 0 Å². The van der Waals surface area contributed by atoms with E-state index >= 15 is 0 Å². The van der Waals surface area contributed by atoms with Crippen molar-refractivity contribution in [2.75, 3.05) is 0 Å². The molecule has 0 nitrogen and oxygen atoms in total. The molecule has 0 aromatic carbocycles. The van der Waals surface area contributed by atoms with Crippen LogP contribution in [0.3, 0.4) is 0 Å². The number of rotatable bonds is 0. The van der Waals surface area contributed by atoms with Crippen molar-refractivity contribution in [2.45, 2.75) is 12.8 Å². The van der Waals surface area contributed by atoms with E-state index in [9.17, 15) is 0 Å². The summed E-state index contributed by atoms with van der Waals surface area (Å²) in [4.78, 5) is 0. The zero-order valence-electron chi connectivity index (χ0n) is 8.26. The van der Waals surface area contributed by atoms with E-state index in [-0.39, 0.29) is 13.8 Å². The Balaban J connectivity index is 0. The SMILES string of the molecule is [Cl-].[H-].[Zr+][C]1=CC=CC1.[Zr+][C]1=CC=CC1. The Morgan fingerprint density at radius 2 is 1.31 bits per heavy atom. The zero-order chi connectivity index (χ0) is 8.81. The van der Waals surface area contributed by atoms with E-state index in [1.165, 1.54) is 12.8 Å². The molecule has 0 saturated carbocycles. The Labute approximate surface area is 118 Å². The summed E-state index contributed by atoms with van der Waals surface area (Å²) < 4.78 is 3.12. The molecule has 0 spiro atoms. The van der Waals surface area contributed by atoms with Crippen LogP contribution in [-0.4, -0.2) is 0 Å². The molecule has 66 valence electrons. The first-order valence-electron chi connectivity index (χ1n) is 3.93. The van der Waals surface area contributed by atoms with Gasteiger partial charge in [-0.05, 0) is 0 Å². The fraction of sp³-hybridized carbons (Fsp3) is 0.200. The summed E-state index contributed by atoms with van der Waals surface area (Å²) in [6, 6.07) is 0. The Bertz CT molecular complexity index is 239. The van der Waals surface area contributed by atoms with Crippen molar-refractivity contribution in [3.05, 3.63) is 43.0 Å². The topological polar surface area (TPSA) is 0 Å². The van der Waals surface area contributed by atoms with Crippen LogP contribution in [0.25, 0.3) is 0 Å². The third kappa shape index (κ3) is 7.01. The van der Waals surface area contributed by atoms with Gasteiger partial charge in [-0.15, -0.1) is 0 Å². The third-order valence-electron chi connectivity index (χ3n) is 1.54. The quantitative estimate of drug-likeness (QED) is 0.572. The molecule has 0 aromatic heterocycles. The third-order valence-corrected chi connectivity index (χ3v) is 3.37. The monoisotopic (exact) mass is 346 g/mol. The summed E-state index contributed by atoms with van der Waals surface area (Å²) in [6.45, 7) is 0. The van der Waals surface area contributed by atoms with E-state index < -0.39 is 0 Å². The molecular formula is C10H11ClZr2. The summed E-state index contributed by atoms with van der Waals surface area (Å²) in [5.74, 6) is 0. The Morgan fingerprint density at radius 3 is 1.38 bits per heavy atom. The van der Waals surface area contributed by atoms with Crippen molar-refractivity contribution >= 4 is 0 Å². The van der Waals surface area contributed by atoms with Crippen molar-refractivity contribution < 1.29 is 63.3 Å². The molecule has 0 N–H and O–H groups in total. The maximum absolute atomic E-state index is 2.18. The first kappa shape index (κ1) is 14.0. The van der Waals surface area contributed by atoms with Gasteiger partial charge in [-0.2, -0.15) is 0 Å². The molecule has 0 atom stereocenters. The van der Waals surface area contributed by atoms with Gasteiger partial charge in [0.1, 0.15) is 0 Å². The van der Waals surface area contributed by atoms with Gasteiger partial charge in [0, 0.05) is 0 Å². The fourth-order valence-corrected chi connectivity index (χ4v) is 1.95. The second kappa shape index (κ2) is 8.33. The fourth-order valence-electron chi connectivity index (χ4n) is 0.894. The van der Waals surface area contributed by atoms with E-state index in [0.717, 1.165) is 0 Å². The van der Waals surface area contributed by atoms with Crippen LogP contribution in [0.1, 0.15) is 14.3 Å². The molecule has 2 rings (SSSR count). The van der Waals surface area contributed by atoms with Gasteiger partial charge in [0.25, 0.3) is 0 Å². The molecule has 3 heteroatoms. The predicted octanol–water partition coefficient (Wildman–Crippen LogP) is -0.130. The van der Waals surface area contributed by atoms with Crippen LogP contribution in [0, 0.1) is 0 Å². The van der Waals surface area contributed by atoms with E-state index in [4.69, 9.17) is 0 Å². The van der Waals surface area contributed by atoms with Crippen LogP contribution >= 0.6 is 0 Å². The molecule has 13 heavy (non-hydrogen) atoms. The second-order valence-electron chi connectivity index (χ2n) is 2.65. The van der Waals surface area contributed by atoms with Crippen molar-refractivity contribution in [2.24, 2.45) is 0 Å². The molecule has 0 radical (unpaired) electrons. The van der Waals surface area contributed by atoms with Gasteiger partial charge >= 0.3 is 105 Å². The number of allylic oxidation sites excluding steroid dienone is 8. The van der Waals surface area contributed by atoms with Crippen LogP contribution < -0.4 is 12.4 Å². The first-order valence-corrected chi connectivity index (χ1v) is 6.39.